The van der Waals surface area contributed by atoms with E-state index in [1.165, 1.54) is 10.4 Å². The third kappa shape index (κ3) is 5.61. The first-order valence-electron chi connectivity index (χ1n) is 10.8. The summed E-state index contributed by atoms with van der Waals surface area (Å²) in [7, 11) is -3.29. The number of hydrogen-bond acceptors (Lipinski definition) is 8. The Hall–Kier alpha value is -2.03. The minimum absolute atomic E-state index is 0.0351. The highest BCUT2D eigenvalue weighted by Crippen LogP contribution is 2.43. The van der Waals surface area contributed by atoms with Crippen molar-refractivity contribution >= 4 is 32.3 Å². The van der Waals surface area contributed by atoms with Crippen molar-refractivity contribution < 1.29 is 31.1 Å². The highest BCUT2D eigenvalue weighted by Gasteiger charge is 2.39. The summed E-state index contributed by atoms with van der Waals surface area (Å²) in [6.07, 6.45) is -0.616. The predicted molar refractivity (Wildman–Crippen MR) is 121 cm³/mol. The molecule has 1 aliphatic carbocycles. The van der Waals surface area contributed by atoms with Gasteiger partial charge in [-0.25, -0.2) is 27.1 Å². The van der Waals surface area contributed by atoms with E-state index in [4.69, 9.17) is 0 Å². The van der Waals surface area contributed by atoms with Crippen LogP contribution in [0.15, 0.2) is 12.3 Å². The second-order valence-corrected chi connectivity index (χ2v) is 11.6. The molecule has 0 unspecified atom stereocenters. The standard InChI is InChI=1S/C20H25F4N5O3S2/c1-34(31,32)29-7-5-11(6-8-29)26-16-9-12(13(21)10-25-16)17-18(20(22,23)24)28-19(33-17)27-14-3-2-4-15(14)30/h9-11,14-15,30H,2-8H2,1H3,(H,25,26)(H,27,28)/t14-,15-/m0/s1. The van der Waals surface area contributed by atoms with Gasteiger partial charge in [-0.1, -0.05) is 11.3 Å². The summed E-state index contributed by atoms with van der Waals surface area (Å²) in [5.74, 6) is -0.726. The Morgan fingerprint density at radius 2 is 1.88 bits per heavy atom. The highest BCUT2D eigenvalue weighted by atomic mass is 32.2. The summed E-state index contributed by atoms with van der Waals surface area (Å²) in [5.41, 5.74) is -1.49. The van der Waals surface area contributed by atoms with Crippen molar-refractivity contribution in [2.75, 3.05) is 30.0 Å². The van der Waals surface area contributed by atoms with Crippen LogP contribution in [0, 0.1) is 5.82 Å². The van der Waals surface area contributed by atoms with Gasteiger partial charge in [0, 0.05) is 24.7 Å². The summed E-state index contributed by atoms with van der Waals surface area (Å²) in [6, 6.07) is 0.653. The molecular formula is C20H25F4N5O3S2. The zero-order valence-corrected chi connectivity index (χ0v) is 19.9. The van der Waals surface area contributed by atoms with Gasteiger partial charge >= 0.3 is 6.18 Å². The molecule has 2 aromatic rings. The van der Waals surface area contributed by atoms with Gasteiger partial charge in [-0.15, -0.1) is 0 Å². The molecule has 1 saturated carbocycles. The number of piperidine rings is 1. The summed E-state index contributed by atoms with van der Waals surface area (Å²) in [5, 5.41) is 15.9. The molecule has 188 valence electrons. The minimum atomic E-state index is -4.80. The Morgan fingerprint density at radius 3 is 2.47 bits per heavy atom. The average molecular weight is 524 g/mol. The zero-order chi connectivity index (χ0) is 24.7. The fourth-order valence-corrected chi connectivity index (χ4v) is 6.20. The lowest BCUT2D eigenvalue weighted by Crippen LogP contribution is -2.41. The number of nitrogens with one attached hydrogen (secondary N) is 2. The molecule has 4 rings (SSSR count). The first-order chi connectivity index (χ1) is 15.9. The van der Waals surface area contributed by atoms with Gasteiger partial charge in [0.15, 0.2) is 10.8 Å². The Balaban J connectivity index is 1.57. The molecule has 0 amide bonds. The molecule has 14 heteroatoms. The molecule has 1 aliphatic heterocycles. The number of aliphatic hydroxyl groups is 1. The number of pyridine rings is 1. The van der Waals surface area contributed by atoms with Gasteiger partial charge in [-0.05, 0) is 38.2 Å². The lowest BCUT2D eigenvalue weighted by molar-refractivity contribution is -0.140. The van der Waals surface area contributed by atoms with Crippen molar-refractivity contribution in [2.24, 2.45) is 0 Å². The quantitative estimate of drug-likeness (QED) is 0.498. The molecular weight excluding hydrogens is 498 g/mol. The second-order valence-electron chi connectivity index (χ2n) is 8.57. The van der Waals surface area contributed by atoms with Crippen molar-refractivity contribution in [3.8, 4) is 10.4 Å². The molecule has 2 aromatic heterocycles. The Morgan fingerprint density at radius 1 is 1.18 bits per heavy atom. The molecule has 0 spiro atoms. The fraction of sp³-hybridized carbons (Fsp3) is 0.600. The van der Waals surface area contributed by atoms with Crippen LogP contribution in [0.1, 0.15) is 37.8 Å². The van der Waals surface area contributed by atoms with Crippen LogP contribution in [0.5, 0.6) is 0 Å². The maximum Gasteiger partial charge on any atom is 0.434 e. The van der Waals surface area contributed by atoms with Crippen LogP contribution in [0.3, 0.4) is 0 Å². The van der Waals surface area contributed by atoms with Gasteiger partial charge in [-0.2, -0.15) is 13.2 Å². The number of halogens is 4. The lowest BCUT2D eigenvalue weighted by atomic mass is 10.1. The summed E-state index contributed by atoms with van der Waals surface area (Å²) < 4.78 is 80.5. The average Bonchev–Trinajstić information content (AvgIpc) is 3.36. The van der Waals surface area contributed by atoms with Gasteiger partial charge in [0.1, 0.15) is 11.6 Å². The van der Waals surface area contributed by atoms with E-state index in [9.17, 15) is 31.1 Å². The lowest BCUT2D eigenvalue weighted by Gasteiger charge is -2.31. The van der Waals surface area contributed by atoms with Crippen molar-refractivity contribution in [3.05, 3.63) is 23.8 Å². The van der Waals surface area contributed by atoms with E-state index in [1.54, 1.807) is 0 Å². The molecule has 2 atom stereocenters. The SMILES string of the molecule is CS(=O)(=O)N1CCC(Nc2cc(-c3sc(N[C@H]4CCC[C@@H]4O)nc3C(F)(F)F)c(F)cn2)CC1. The van der Waals surface area contributed by atoms with Crippen LogP contribution in [0.25, 0.3) is 10.4 Å². The van der Waals surface area contributed by atoms with Crippen molar-refractivity contribution in [2.45, 2.75) is 56.5 Å². The van der Waals surface area contributed by atoms with Crippen LogP contribution in [0.2, 0.25) is 0 Å². The Bertz CT molecular complexity index is 1130. The molecule has 2 aliphatic rings. The first kappa shape index (κ1) is 25.1. The number of anilines is 2. The molecule has 8 nitrogen and oxygen atoms in total. The second kappa shape index (κ2) is 9.55. The van der Waals surface area contributed by atoms with Crippen LogP contribution in [0.4, 0.5) is 28.5 Å². The van der Waals surface area contributed by atoms with Gasteiger partial charge in [0.05, 0.1) is 29.5 Å². The molecule has 1 saturated heterocycles. The molecule has 0 aromatic carbocycles. The van der Waals surface area contributed by atoms with Crippen molar-refractivity contribution in [1.29, 1.82) is 0 Å². The number of nitrogens with zero attached hydrogens (tertiary/aromatic N) is 3. The third-order valence-corrected chi connectivity index (χ3v) is 8.38. The van der Waals surface area contributed by atoms with Crippen LogP contribution in [-0.2, 0) is 16.2 Å². The normalized spacial score (nSPS) is 22.8. The van der Waals surface area contributed by atoms with E-state index in [1.807, 2.05) is 0 Å². The third-order valence-electron chi connectivity index (χ3n) is 6.06. The number of sulfonamides is 1. The molecule has 34 heavy (non-hydrogen) atoms. The van der Waals surface area contributed by atoms with E-state index in [0.29, 0.717) is 50.1 Å². The minimum Gasteiger partial charge on any atom is -0.391 e. The van der Waals surface area contributed by atoms with Crippen LogP contribution >= 0.6 is 11.3 Å². The number of aromatic nitrogens is 2. The summed E-state index contributed by atoms with van der Waals surface area (Å²) in [4.78, 5) is 7.25. The highest BCUT2D eigenvalue weighted by molar-refractivity contribution is 7.88. The van der Waals surface area contributed by atoms with E-state index in [2.05, 4.69) is 20.6 Å². The fourth-order valence-electron chi connectivity index (χ4n) is 4.26. The summed E-state index contributed by atoms with van der Waals surface area (Å²) in [6.45, 7) is 0.610. The number of aliphatic hydroxyl groups excluding tert-OH is 1. The first-order valence-corrected chi connectivity index (χ1v) is 13.5. The zero-order valence-electron chi connectivity index (χ0n) is 18.3. The molecule has 3 heterocycles. The number of hydrogen-bond donors (Lipinski definition) is 3. The largest absolute Gasteiger partial charge is 0.434 e. The topological polar surface area (TPSA) is 107 Å². The van der Waals surface area contributed by atoms with Gasteiger partial charge in [0.25, 0.3) is 0 Å². The van der Waals surface area contributed by atoms with Gasteiger partial charge < -0.3 is 15.7 Å². The molecule has 0 radical (unpaired) electrons. The monoisotopic (exact) mass is 523 g/mol. The number of thiazole rings is 1. The predicted octanol–water partition coefficient (Wildman–Crippen LogP) is 3.52. The van der Waals surface area contributed by atoms with Crippen molar-refractivity contribution in [1.82, 2.24) is 14.3 Å². The molecule has 3 N–H and O–H groups in total. The summed E-state index contributed by atoms with van der Waals surface area (Å²) >= 11 is 0.678. The van der Waals surface area contributed by atoms with Crippen molar-refractivity contribution in [3.63, 3.8) is 0 Å². The molecule has 0 bridgehead atoms. The van der Waals surface area contributed by atoms with Crippen LogP contribution < -0.4 is 10.6 Å². The number of alkyl halides is 3. The van der Waals surface area contributed by atoms with E-state index < -0.39 is 39.9 Å². The smallest absolute Gasteiger partial charge is 0.391 e. The van der Waals surface area contributed by atoms with Gasteiger partial charge in [-0.3, -0.25) is 0 Å². The maximum absolute atomic E-state index is 14.6. The Labute approximate surface area is 198 Å². The van der Waals surface area contributed by atoms with E-state index >= 15 is 0 Å². The van der Waals surface area contributed by atoms with E-state index in [-0.39, 0.29) is 27.4 Å². The maximum atomic E-state index is 14.6. The van der Waals surface area contributed by atoms with Crippen LogP contribution in [-0.4, -0.2) is 65.3 Å². The Kier molecular flexibility index (Phi) is 7.04. The molecule has 2 fully saturated rings. The number of rotatable bonds is 6. The van der Waals surface area contributed by atoms with E-state index in [0.717, 1.165) is 18.9 Å². The van der Waals surface area contributed by atoms with Gasteiger partial charge in [0.2, 0.25) is 10.0 Å².